The number of aliphatic hydroxyl groups is 1. The van der Waals surface area contributed by atoms with E-state index in [4.69, 9.17) is 11.6 Å². The lowest BCUT2D eigenvalue weighted by Gasteiger charge is -2.20. The lowest BCUT2D eigenvalue weighted by Crippen LogP contribution is -2.17. The molecule has 0 fully saturated rings. The van der Waals surface area contributed by atoms with E-state index in [2.05, 4.69) is 5.10 Å². The van der Waals surface area contributed by atoms with Crippen LogP contribution in [0.25, 0.3) is 0 Å². The number of aliphatic hydroxyl groups excluding tert-OH is 1. The monoisotopic (exact) mass is 310 g/mol. The number of aromatic nitrogens is 2. The summed E-state index contributed by atoms with van der Waals surface area (Å²) in [6, 6.07) is 4.18. The van der Waals surface area contributed by atoms with Crippen molar-refractivity contribution < 1.29 is 9.50 Å². The van der Waals surface area contributed by atoms with Gasteiger partial charge in [0, 0.05) is 35.7 Å². The Labute approximate surface area is 129 Å². The Morgan fingerprint density at radius 1 is 1.38 bits per heavy atom. The highest BCUT2D eigenvalue weighted by atomic mass is 35.5. The van der Waals surface area contributed by atoms with Crippen LogP contribution in [0, 0.1) is 5.82 Å². The summed E-state index contributed by atoms with van der Waals surface area (Å²) in [5, 5.41) is 15.4. The number of halogens is 2. The molecule has 0 spiro atoms. The van der Waals surface area contributed by atoms with Gasteiger partial charge < -0.3 is 5.11 Å². The first-order valence-electron chi connectivity index (χ1n) is 6.84. The first kappa shape index (κ1) is 16.0. The molecule has 0 aliphatic rings. The fourth-order valence-electron chi connectivity index (χ4n) is 2.35. The van der Waals surface area contributed by atoms with Gasteiger partial charge in [0.2, 0.25) is 0 Å². The number of rotatable bonds is 3. The summed E-state index contributed by atoms with van der Waals surface area (Å²) in [7, 11) is 1.82. The van der Waals surface area contributed by atoms with Crippen molar-refractivity contribution in [2.24, 2.45) is 7.05 Å². The lowest BCUT2D eigenvalue weighted by molar-refractivity contribution is 0.176. The summed E-state index contributed by atoms with van der Waals surface area (Å²) in [6.07, 6.45) is 1.29. The zero-order valence-electron chi connectivity index (χ0n) is 12.7. The maximum Gasteiger partial charge on any atom is 0.123 e. The van der Waals surface area contributed by atoms with Crippen LogP contribution in [0.1, 0.15) is 43.7 Å². The quantitative estimate of drug-likeness (QED) is 0.936. The van der Waals surface area contributed by atoms with Gasteiger partial charge in [0.25, 0.3) is 0 Å². The first-order chi connectivity index (χ1) is 9.68. The molecule has 1 unspecified atom stereocenters. The molecule has 0 radical (unpaired) electrons. The molecule has 1 N–H and O–H groups in total. The Hall–Kier alpha value is -1.39. The highest BCUT2D eigenvalue weighted by Crippen LogP contribution is 2.31. The summed E-state index contributed by atoms with van der Waals surface area (Å²) in [5.41, 5.74) is 2.01. The molecule has 1 aromatic heterocycles. The smallest absolute Gasteiger partial charge is 0.123 e. The molecule has 0 bridgehead atoms. The molecule has 21 heavy (non-hydrogen) atoms. The van der Waals surface area contributed by atoms with Gasteiger partial charge in [-0.2, -0.15) is 5.10 Å². The maximum atomic E-state index is 13.3. The van der Waals surface area contributed by atoms with Crippen LogP contribution in [-0.4, -0.2) is 14.9 Å². The van der Waals surface area contributed by atoms with Crippen LogP contribution in [0.4, 0.5) is 4.39 Å². The minimum atomic E-state index is -0.771. The van der Waals surface area contributed by atoms with Gasteiger partial charge in [0.15, 0.2) is 0 Å². The third kappa shape index (κ3) is 3.63. The molecule has 0 aliphatic carbocycles. The number of aryl methyl sites for hydroxylation is 1. The van der Waals surface area contributed by atoms with Crippen molar-refractivity contribution in [1.29, 1.82) is 0 Å². The van der Waals surface area contributed by atoms with Gasteiger partial charge in [-0.25, -0.2) is 4.39 Å². The second kappa shape index (κ2) is 5.78. The van der Waals surface area contributed by atoms with Gasteiger partial charge >= 0.3 is 0 Å². The zero-order chi connectivity index (χ0) is 15.8. The minimum absolute atomic E-state index is 0.177. The van der Waals surface area contributed by atoms with Crippen molar-refractivity contribution in [2.45, 2.75) is 38.7 Å². The molecule has 1 heterocycles. The van der Waals surface area contributed by atoms with E-state index in [-0.39, 0.29) is 17.7 Å². The number of nitrogens with zero attached hydrogens (tertiary/aromatic N) is 2. The summed E-state index contributed by atoms with van der Waals surface area (Å²) in [6.45, 7) is 6.13. The molecule has 1 aromatic carbocycles. The van der Waals surface area contributed by atoms with Gasteiger partial charge in [0.05, 0.1) is 11.8 Å². The number of benzene rings is 1. The van der Waals surface area contributed by atoms with Crippen LogP contribution in [0.2, 0.25) is 5.02 Å². The van der Waals surface area contributed by atoms with E-state index in [0.29, 0.717) is 10.6 Å². The van der Waals surface area contributed by atoms with Gasteiger partial charge in [-0.1, -0.05) is 32.4 Å². The Morgan fingerprint density at radius 2 is 2.05 bits per heavy atom. The SMILES string of the molecule is Cn1cc(C(O)Cc2cc(F)ccc2Cl)c(C(C)(C)C)n1. The topological polar surface area (TPSA) is 38.0 Å². The Morgan fingerprint density at radius 3 is 2.67 bits per heavy atom. The first-order valence-corrected chi connectivity index (χ1v) is 7.22. The minimum Gasteiger partial charge on any atom is -0.388 e. The zero-order valence-corrected chi connectivity index (χ0v) is 13.4. The van der Waals surface area contributed by atoms with Crippen LogP contribution in [0.15, 0.2) is 24.4 Å². The molecule has 0 saturated heterocycles. The van der Waals surface area contributed by atoms with Gasteiger partial charge in [-0.05, 0) is 23.8 Å². The Bertz CT molecular complexity index is 646. The average molecular weight is 311 g/mol. The van der Waals surface area contributed by atoms with Crippen molar-refractivity contribution in [3.8, 4) is 0 Å². The molecule has 2 rings (SSSR count). The van der Waals surface area contributed by atoms with Crippen LogP contribution >= 0.6 is 11.6 Å². The standard InChI is InChI=1S/C16H20ClFN2O/c1-16(2,3)15-12(9-20(4)19-15)14(21)8-10-7-11(18)5-6-13(10)17/h5-7,9,14,21H,8H2,1-4H3. The van der Waals surface area contributed by atoms with Crippen molar-refractivity contribution in [2.75, 3.05) is 0 Å². The van der Waals surface area contributed by atoms with Crippen molar-refractivity contribution in [3.05, 3.63) is 52.1 Å². The second-order valence-corrected chi connectivity index (χ2v) is 6.72. The summed E-state index contributed by atoms with van der Waals surface area (Å²) in [5.74, 6) is -0.358. The normalized spacial score (nSPS) is 13.5. The lowest BCUT2D eigenvalue weighted by atomic mass is 9.87. The van der Waals surface area contributed by atoms with Crippen LogP contribution in [-0.2, 0) is 18.9 Å². The van der Waals surface area contributed by atoms with Crippen LogP contribution in [0.5, 0.6) is 0 Å². The molecule has 114 valence electrons. The molecule has 3 nitrogen and oxygen atoms in total. The fourth-order valence-corrected chi connectivity index (χ4v) is 2.55. The molecule has 0 saturated carbocycles. The maximum absolute atomic E-state index is 13.3. The van der Waals surface area contributed by atoms with Crippen molar-refractivity contribution in [3.63, 3.8) is 0 Å². The summed E-state index contributed by atoms with van der Waals surface area (Å²) >= 11 is 6.06. The van der Waals surface area contributed by atoms with E-state index >= 15 is 0 Å². The molecule has 5 heteroatoms. The molecule has 1 atom stereocenters. The van der Waals surface area contributed by atoms with E-state index in [9.17, 15) is 9.50 Å². The predicted molar refractivity (Wildman–Crippen MR) is 82.0 cm³/mol. The highest BCUT2D eigenvalue weighted by Gasteiger charge is 2.26. The van der Waals surface area contributed by atoms with E-state index in [0.717, 1.165) is 11.3 Å². The molecular weight excluding hydrogens is 291 g/mol. The molecule has 0 aliphatic heterocycles. The van der Waals surface area contributed by atoms with Crippen LogP contribution < -0.4 is 0 Å². The third-order valence-electron chi connectivity index (χ3n) is 3.35. The Kier molecular flexibility index (Phi) is 4.40. The third-order valence-corrected chi connectivity index (χ3v) is 3.72. The van der Waals surface area contributed by atoms with E-state index in [1.165, 1.54) is 18.2 Å². The van der Waals surface area contributed by atoms with Gasteiger partial charge in [-0.15, -0.1) is 0 Å². The van der Waals surface area contributed by atoms with Crippen molar-refractivity contribution >= 4 is 11.6 Å². The summed E-state index contributed by atoms with van der Waals surface area (Å²) in [4.78, 5) is 0. The van der Waals surface area contributed by atoms with Crippen molar-refractivity contribution in [1.82, 2.24) is 9.78 Å². The fraction of sp³-hybridized carbons (Fsp3) is 0.438. The largest absolute Gasteiger partial charge is 0.388 e. The van der Waals surface area contributed by atoms with E-state index in [1.54, 1.807) is 10.9 Å². The molecular formula is C16H20ClFN2O. The average Bonchev–Trinajstić information content (AvgIpc) is 2.76. The van der Waals surface area contributed by atoms with Crippen LogP contribution in [0.3, 0.4) is 0 Å². The van der Waals surface area contributed by atoms with E-state index in [1.807, 2.05) is 27.8 Å². The molecule has 0 amide bonds. The summed E-state index contributed by atoms with van der Waals surface area (Å²) < 4.78 is 15.0. The second-order valence-electron chi connectivity index (χ2n) is 6.31. The number of hydrogen-bond acceptors (Lipinski definition) is 2. The predicted octanol–water partition coefficient (Wildman–Crippen LogP) is 3.79. The van der Waals surface area contributed by atoms with Gasteiger partial charge in [0.1, 0.15) is 5.82 Å². The Balaban J connectivity index is 2.33. The molecule has 2 aromatic rings. The van der Waals surface area contributed by atoms with E-state index < -0.39 is 6.10 Å². The highest BCUT2D eigenvalue weighted by molar-refractivity contribution is 6.31. The van der Waals surface area contributed by atoms with Gasteiger partial charge in [-0.3, -0.25) is 4.68 Å². The number of hydrogen-bond donors (Lipinski definition) is 1.